The third-order valence-electron chi connectivity index (χ3n) is 6.59. The number of hydrogen-bond donors (Lipinski definition) is 1. The quantitative estimate of drug-likeness (QED) is 0.644. The molecule has 3 aliphatic rings. The second-order valence-electron chi connectivity index (χ2n) is 9.12. The second kappa shape index (κ2) is 9.81. The van der Waals surface area contributed by atoms with Crippen LogP contribution in [0.2, 0.25) is 0 Å². The summed E-state index contributed by atoms with van der Waals surface area (Å²) in [5, 5.41) is 2.95. The molecule has 31 heavy (non-hydrogen) atoms. The van der Waals surface area contributed by atoms with Crippen molar-refractivity contribution < 1.29 is 23.9 Å². The van der Waals surface area contributed by atoms with Gasteiger partial charge in [0.15, 0.2) is 0 Å². The fourth-order valence-corrected chi connectivity index (χ4v) is 4.67. The largest absolute Gasteiger partial charge is 0.447 e. The van der Waals surface area contributed by atoms with Crippen LogP contribution in [0.3, 0.4) is 0 Å². The number of esters is 1. The van der Waals surface area contributed by atoms with Gasteiger partial charge in [0.25, 0.3) is 5.91 Å². The fraction of sp³-hybridized carbons (Fsp3) is 0.625. The highest BCUT2D eigenvalue weighted by Crippen LogP contribution is 2.45. The smallest absolute Gasteiger partial charge is 0.307 e. The summed E-state index contributed by atoms with van der Waals surface area (Å²) in [5.41, 5.74) is 0.291. The Hall–Kier alpha value is -2.41. The average molecular weight is 429 g/mol. The van der Waals surface area contributed by atoms with Gasteiger partial charge in [-0.15, -0.1) is 0 Å². The molecule has 1 atom stereocenters. The van der Waals surface area contributed by atoms with Crippen molar-refractivity contribution in [3.8, 4) is 0 Å². The van der Waals surface area contributed by atoms with Crippen LogP contribution in [0.15, 0.2) is 30.3 Å². The van der Waals surface area contributed by atoms with Crippen molar-refractivity contribution >= 4 is 17.8 Å². The maximum atomic E-state index is 13.0. The predicted octanol–water partition coefficient (Wildman–Crippen LogP) is 2.75. The lowest BCUT2D eigenvalue weighted by Crippen LogP contribution is -2.43. The van der Waals surface area contributed by atoms with Crippen molar-refractivity contribution in [1.29, 1.82) is 0 Å². The van der Waals surface area contributed by atoms with E-state index in [-0.39, 0.29) is 29.7 Å². The van der Waals surface area contributed by atoms with Crippen LogP contribution >= 0.6 is 0 Å². The van der Waals surface area contributed by atoms with E-state index in [0.717, 1.165) is 38.5 Å². The highest BCUT2D eigenvalue weighted by atomic mass is 16.5. The normalized spacial score (nSPS) is 21.4. The molecule has 0 bridgehead atoms. The number of ether oxygens (including phenoxy) is 2. The number of hydrogen-bond acceptors (Lipinski definition) is 5. The summed E-state index contributed by atoms with van der Waals surface area (Å²) in [6, 6.07) is 9.33. The zero-order valence-corrected chi connectivity index (χ0v) is 18.0. The Bertz CT molecular complexity index is 780. The highest BCUT2D eigenvalue weighted by molar-refractivity contribution is 5.86. The zero-order chi connectivity index (χ0) is 21.7. The van der Waals surface area contributed by atoms with E-state index in [2.05, 4.69) is 5.32 Å². The summed E-state index contributed by atoms with van der Waals surface area (Å²) in [6.07, 6.45) is 5.19. The molecule has 1 aromatic carbocycles. The molecular formula is C24H32N2O5. The number of nitrogens with one attached hydrogen (secondary N) is 1. The Balaban J connectivity index is 1.42. The van der Waals surface area contributed by atoms with Gasteiger partial charge in [-0.2, -0.15) is 0 Å². The van der Waals surface area contributed by atoms with Crippen molar-refractivity contribution in [2.75, 3.05) is 26.3 Å². The van der Waals surface area contributed by atoms with Gasteiger partial charge in [0.2, 0.25) is 12.0 Å². The zero-order valence-electron chi connectivity index (χ0n) is 18.0. The number of morpholine rings is 1. The lowest BCUT2D eigenvalue weighted by molar-refractivity contribution is -0.159. The average Bonchev–Trinajstić information content (AvgIpc) is 3.49. The molecule has 0 spiro atoms. The first-order valence-electron chi connectivity index (χ1n) is 11.5. The van der Waals surface area contributed by atoms with Crippen LogP contribution in [-0.4, -0.2) is 55.0 Å². The maximum Gasteiger partial charge on any atom is 0.307 e. The van der Waals surface area contributed by atoms with Crippen LogP contribution in [0.4, 0.5) is 0 Å². The maximum absolute atomic E-state index is 13.0. The van der Waals surface area contributed by atoms with Gasteiger partial charge in [0, 0.05) is 31.1 Å². The topological polar surface area (TPSA) is 84.9 Å². The van der Waals surface area contributed by atoms with Crippen molar-refractivity contribution in [2.24, 2.45) is 5.41 Å². The molecule has 1 heterocycles. The van der Waals surface area contributed by atoms with Crippen molar-refractivity contribution in [1.82, 2.24) is 10.2 Å². The monoisotopic (exact) mass is 428 g/mol. The number of nitrogens with zero attached hydrogens (tertiary/aromatic N) is 1. The third-order valence-corrected chi connectivity index (χ3v) is 6.59. The molecule has 1 saturated heterocycles. The molecule has 3 fully saturated rings. The lowest BCUT2D eigenvalue weighted by Gasteiger charge is -2.33. The van der Waals surface area contributed by atoms with E-state index in [1.54, 1.807) is 12.1 Å². The van der Waals surface area contributed by atoms with Crippen LogP contribution in [0, 0.1) is 5.41 Å². The minimum Gasteiger partial charge on any atom is -0.447 e. The molecule has 0 aromatic heterocycles. The number of carbonyl (C=O) groups is 3. The molecule has 1 N–H and O–H groups in total. The molecule has 4 rings (SSSR count). The Morgan fingerprint density at radius 1 is 1.06 bits per heavy atom. The van der Waals surface area contributed by atoms with E-state index in [0.29, 0.717) is 38.3 Å². The van der Waals surface area contributed by atoms with E-state index >= 15 is 0 Å². The predicted molar refractivity (Wildman–Crippen MR) is 114 cm³/mol. The van der Waals surface area contributed by atoms with Gasteiger partial charge in [-0.3, -0.25) is 14.4 Å². The number of carbonyl (C=O) groups excluding carboxylic acids is 3. The standard InChI is InChI=1S/C24H32N2O5/c27-20(26-12-14-30-15-13-26)16-24(10-4-5-11-24)17-21(28)31-22(18-6-2-1-3-7-18)23(29)25-19-8-9-19/h1-3,6-7,19,22H,4-5,8-17H2,(H,25,29)/t22-/m1/s1. The Labute approximate surface area is 183 Å². The molecule has 1 aromatic rings. The first kappa shape index (κ1) is 21.8. The van der Waals surface area contributed by atoms with Gasteiger partial charge in [-0.05, 0) is 31.1 Å². The molecule has 2 saturated carbocycles. The van der Waals surface area contributed by atoms with Crippen LogP contribution in [-0.2, 0) is 23.9 Å². The fourth-order valence-electron chi connectivity index (χ4n) is 4.67. The van der Waals surface area contributed by atoms with E-state index < -0.39 is 12.1 Å². The summed E-state index contributed by atoms with van der Waals surface area (Å²) in [5.74, 6) is -0.590. The number of amides is 2. The number of benzene rings is 1. The van der Waals surface area contributed by atoms with E-state index in [1.807, 2.05) is 23.1 Å². The summed E-state index contributed by atoms with van der Waals surface area (Å²) < 4.78 is 11.1. The van der Waals surface area contributed by atoms with E-state index in [4.69, 9.17) is 9.47 Å². The van der Waals surface area contributed by atoms with Crippen molar-refractivity contribution in [3.63, 3.8) is 0 Å². The molecular weight excluding hydrogens is 396 g/mol. The molecule has 0 radical (unpaired) electrons. The highest BCUT2D eigenvalue weighted by Gasteiger charge is 2.41. The van der Waals surface area contributed by atoms with Crippen LogP contribution in [0.25, 0.3) is 0 Å². The Morgan fingerprint density at radius 3 is 2.39 bits per heavy atom. The Morgan fingerprint density at radius 2 is 1.74 bits per heavy atom. The first-order valence-corrected chi connectivity index (χ1v) is 11.5. The SMILES string of the molecule is O=C(CC1(CC(=O)N2CCOCC2)CCCC1)O[C@@H](C(=O)NC1CC1)c1ccccc1. The minimum absolute atomic E-state index is 0.0871. The summed E-state index contributed by atoms with van der Waals surface area (Å²) in [7, 11) is 0. The summed E-state index contributed by atoms with van der Waals surface area (Å²) >= 11 is 0. The van der Waals surface area contributed by atoms with E-state index in [9.17, 15) is 14.4 Å². The summed E-state index contributed by atoms with van der Waals surface area (Å²) in [4.78, 5) is 40.5. The Kier molecular flexibility index (Phi) is 6.90. The van der Waals surface area contributed by atoms with E-state index in [1.165, 1.54) is 0 Å². The minimum atomic E-state index is -0.956. The summed E-state index contributed by atoms with van der Waals surface area (Å²) in [6.45, 7) is 2.35. The van der Waals surface area contributed by atoms with Gasteiger partial charge >= 0.3 is 5.97 Å². The lowest BCUT2D eigenvalue weighted by atomic mass is 9.79. The van der Waals surface area contributed by atoms with Crippen molar-refractivity contribution in [2.45, 2.75) is 63.5 Å². The van der Waals surface area contributed by atoms with Crippen molar-refractivity contribution in [3.05, 3.63) is 35.9 Å². The molecule has 168 valence electrons. The van der Waals surface area contributed by atoms with Gasteiger partial charge in [0.1, 0.15) is 0 Å². The molecule has 0 unspecified atom stereocenters. The molecule has 7 nitrogen and oxygen atoms in total. The van der Waals surface area contributed by atoms with Crippen LogP contribution in [0.5, 0.6) is 0 Å². The second-order valence-corrected chi connectivity index (χ2v) is 9.12. The van der Waals surface area contributed by atoms with Crippen LogP contribution < -0.4 is 5.32 Å². The van der Waals surface area contributed by atoms with Gasteiger partial charge in [-0.1, -0.05) is 43.2 Å². The van der Waals surface area contributed by atoms with Gasteiger partial charge in [-0.25, -0.2) is 0 Å². The van der Waals surface area contributed by atoms with Gasteiger partial charge in [0.05, 0.1) is 19.6 Å². The van der Waals surface area contributed by atoms with Gasteiger partial charge < -0.3 is 19.7 Å². The molecule has 2 aliphatic carbocycles. The molecule has 2 amide bonds. The van der Waals surface area contributed by atoms with Crippen LogP contribution in [0.1, 0.15) is 63.0 Å². The molecule has 1 aliphatic heterocycles. The third kappa shape index (κ3) is 5.85. The molecule has 7 heteroatoms. The number of rotatable bonds is 8. The first-order chi connectivity index (χ1) is 15.0.